The molecule has 37 heavy (non-hydrogen) atoms. The van der Waals surface area contributed by atoms with Crippen LogP contribution in [0.25, 0.3) is 10.9 Å². The molecule has 1 fully saturated rings. The molecule has 0 atom stereocenters. The van der Waals surface area contributed by atoms with E-state index in [1.165, 1.54) is 23.0 Å². The average molecular weight is 571 g/mol. The van der Waals surface area contributed by atoms with Gasteiger partial charge in [-0.3, -0.25) is 14.9 Å². The van der Waals surface area contributed by atoms with Gasteiger partial charge < -0.3 is 9.47 Å². The van der Waals surface area contributed by atoms with Crippen molar-refractivity contribution in [1.82, 2.24) is 9.66 Å². The van der Waals surface area contributed by atoms with Crippen molar-refractivity contribution in [1.29, 1.82) is 0 Å². The average Bonchev–Trinajstić information content (AvgIpc) is 2.87. The number of carbonyl (C=O) groups is 1. The molecule has 2 aromatic carbocycles. The van der Waals surface area contributed by atoms with E-state index in [4.69, 9.17) is 14.5 Å². The lowest BCUT2D eigenvalue weighted by Gasteiger charge is -2.22. The number of benzene rings is 2. The molecule has 1 aliphatic rings. The monoisotopic (exact) mass is 570 g/mol. The van der Waals surface area contributed by atoms with Gasteiger partial charge in [-0.1, -0.05) is 41.3 Å². The SMILES string of the molecule is CC(C)OC(=O)COc1c(C=Nn2c(C3CCCCC3)nc3ccc(Br)cc3c2=O)cccc1[N+](=O)[O-]. The Labute approximate surface area is 221 Å². The number of rotatable bonds is 8. The van der Waals surface area contributed by atoms with E-state index in [1.54, 1.807) is 32.0 Å². The predicted octanol–water partition coefficient (Wildman–Crippen LogP) is 5.33. The van der Waals surface area contributed by atoms with Gasteiger partial charge in [0.25, 0.3) is 5.56 Å². The maximum Gasteiger partial charge on any atom is 0.344 e. The minimum atomic E-state index is -0.656. The van der Waals surface area contributed by atoms with E-state index >= 15 is 0 Å². The molecule has 0 amide bonds. The number of nitro groups is 1. The quantitative estimate of drug-likeness (QED) is 0.155. The molecule has 0 saturated heterocycles. The summed E-state index contributed by atoms with van der Waals surface area (Å²) >= 11 is 3.40. The smallest absolute Gasteiger partial charge is 0.344 e. The molecule has 4 rings (SSSR count). The van der Waals surface area contributed by atoms with Crippen LogP contribution in [0.1, 0.15) is 63.3 Å². The molecule has 194 valence electrons. The third-order valence-electron chi connectivity index (χ3n) is 6.04. The molecule has 0 bridgehead atoms. The lowest BCUT2D eigenvalue weighted by atomic mass is 9.88. The Bertz CT molecular complexity index is 1410. The van der Waals surface area contributed by atoms with Gasteiger partial charge in [0.05, 0.1) is 28.1 Å². The Morgan fingerprint density at radius 2 is 2.03 bits per heavy atom. The summed E-state index contributed by atoms with van der Waals surface area (Å²) < 4.78 is 12.6. The van der Waals surface area contributed by atoms with Gasteiger partial charge in [0, 0.05) is 22.0 Å². The first-order chi connectivity index (χ1) is 17.7. The van der Waals surface area contributed by atoms with Gasteiger partial charge in [0.2, 0.25) is 5.75 Å². The first-order valence-electron chi connectivity index (χ1n) is 12.1. The summed E-state index contributed by atoms with van der Waals surface area (Å²) in [6.45, 7) is 2.88. The number of halogens is 1. The molecule has 10 nitrogen and oxygen atoms in total. The summed E-state index contributed by atoms with van der Waals surface area (Å²) in [5.74, 6) is -0.167. The van der Waals surface area contributed by atoms with Gasteiger partial charge in [-0.25, -0.2) is 9.78 Å². The van der Waals surface area contributed by atoms with Crippen molar-refractivity contribution in [3.05, 3.63) is 72.7 Å². The van der Waals surface area contributed by atoms with E-state index in [9.17, 15) is 19.7 Å². The number of fused-ring (bicyclic) bond motifs is 1. The standard InChI is InChI=1S/C26H27BrN4O6/c1-16(2)37-23(32)15-36-24-18(9-6-10-22(24)31(34)35)14-28-30-25(17-7-4-3-5-8-17)29-21-12-11-19(27)13-20(21)26(30)33/h6,9-14,16-17H,3-5,7-8,15H2,1-2H3. The van der Waals surface area contributed by atoms with Crippen LogP contribution in [0.2, 0.25) is 0 Å². The molecule has 0 N–H and O–H groups in total. The van der Waals surface area contributed by atoms with E-state index in [0.29, 0.717) is 16.7 Å². The molecule has 1 aromatic heterocycles. The summed E-state index contributed by atoms with van der Waals surface area (Å²) in [6, 6.07) is 9.65. The zero-order chi connectivity index (χ0) is 26.5. The second-order valence-corrected chi connectivity index (χ2v) is 10.0. The summed E-state index contributed by atoms with van der Waals surface area (Å²) in [5.41, 5.74) is 0.156. The first kappa shape index (κ1) is 26.5. The molecule has 0 radical (unpaired) electrons. The van der Waals surface area contributed by atoms with E-state index in [0.717, 1.165) is 36.6 Å². The fraction of sp³-hybridized carbons (Fsp3) is 0.385. The van der Waals surface area contributed by atoms with Crippen LogP contribution in [-0.4, -0.2) is 39.5 Å². The van der Waals surface area contributed by atoms with Crippen molar-refractivity contribution in [2.45, 2.75) is 58.0 Å². The van der Waals surface area contributed by atoms with Crippen LogP contribution >= 0.6 is 15.9 Å². The van der Waals surface area contributed by atoms with Crippen LogP contribution in [0, 0.1) is 10.1 Å². The van der Waals surface area contributed by atoms with Crippen LogP contribution in [0.15, 0.2) is 50.8 Å². The molecule has 11 heteroatoms. The van der Waals surface area contributed by atoms with E-state index < -0.39 is 17.5 Å². The Morgan fingerprint density at radius 3 is 2.73 bits per heavy atom. The van der Waals surface area contributed by atoms with Crippen LogP contribution in [0.3, 0.4) is 0 Å². The zero-order valence-electron chi connectivity index (χ0n) is 20.6. The number of ether oxygens (including phenoxy) is 2. The highest BCUT2D eigenvalue weighted by molar-refractivity contribution is 9.10. The second-order valence-electron chi connectivity index (χ2n) is 9.11. The summed E-state index contributed by atoms with van der Waals surface area (Å²) in [4.78, 5) is 41.4. The number of aromatic nitrogens is 2. The number of nitrogens with zero attached hydrogens (tertiary/aromatic N) is 4. The highest BCUT2D eigenvalue weighted by Gasteiger charge is 2.24. The van der Waals surface area contributed by atoms with Gasteiger partial charge in [0.15, 0.2) is 6.61 Å². The van der Waals surface area contributed by atoms with Gasteiger partial charge >= 0.3 is 11.7 Å². The molecule has 1 heterocycles. The first-order valence-corrected chi connectivity index (χ1v) is 12.9. The number of carbonyl (C=O) groups excluding carboxylic acids is 1. The Hall–Kier alpha value is -3.60. The number of para-hydroxylation sites is 1. The van der Waals surface area contributed by atoms with Gasteiger partial charge in [-0.2, -0.15) is 9.78 Å². The number of hydrogen-bond acceptors (Lipinski definition) is 8. The maximum atomic E-state index is 13.5. The molecular formula is C26H27BrN4O6. The third-order valence-corrected chi connectivity index (χ3v) is 6.53. The minimum absolute atomic E-state index is 0.0679. The fourth-order valence-electron chi connectivity index (χ4n) is 4.40. The summed E-state index contributed by atoms with van der Waals surface area (Å²) in [7, 11) is 0. The summed E-state index contributed by atoms with van der Waals surface area (Å²) in [6.07, 6.45) is 5.98. The molecular weight excluding hydrogens is 544 g/mol. The Morgan fingerprint density at radius 1 is 1.27 bits per heavy atom. The topological polar surface area (TPSA) is 126 Å². The minimum Gasteiger partial charge on any atom is -0.474 e. The van der Waals surface area contributed by atoms with Crippen molar-refractivity contribution >= 4 is 44.7 Å². The normalized spacial score (nSPS) is 14.4. The van der Waals surface area contributed by atoms with E-state index in [1.807, 2.05) is 6.07 Å². The van der Waals surface area contributed by atoms with Crippen molar-refractivity contribution in [3.63, 3.8) is 0 Å². The lowest BCUT2D eigenvalue weighted by Crippen LogP contribution is -2.25. The number of esters is 1. The van der Waals surface area contributed by atoms with E-state index in [-0.39, 0.29) is 34.6 Å². The van der Waals surface area contributed by atoms with Gasteiger partial charge in [0.1, 0.15) is 5.82 Å². The second kappa shape index (κ2) is 11.6. The van der Waals surface area contributed by atoms with Crippen LogP contribution in [0.4, 0.5) is 5.69 Å². The predicted molar refractivity (Wildman–Crippen MR) is 142 cm³/mol. The molecule has 0 unspecified atom stereocenters. The van der Waals surface area contributed by atoms with Crippen molar-refractivity contribution < 1.29 is 19.2 Å². The van der Waals surface area contributed by atoms with Crippen LogP contribution in [0.5, 0.6) is 5.75 Å². The largest absolute Gasteiger partial charge is 0.474 e. The molecule has 0 aliphatic heterocycles. The highest BCUT2D eigenvalue weighted by atomic mass is 79.9. The van der Waals surface area contributed by atoms with Crippen molar-refractivity contribution in [3.8, 4) is 5.75 Å². The van der Waals surface area contributed by atoms with Crippen LogP contribution < -0.4 is 10.3 Å². The number of hydrogen-bond donors (Lipinski definition) is 0. The molecule has 0 spiro atoms. The van der Waals surface area contributed by atoms with Crippen molar-refractivity contribution in [2.24, 2.45) is 5.10 Å². The van der Waals surface area contributed by atoms with Crippen molar-refractivity contribution in [2.75, 3.05) is 6.61 Å². The molecule has 1 saturated carbocycles. The zero-order valence-corrected chi connectivity index (χ0v) is 22.1. The van der Waals surface area contributed by atoms with Gasteiger partial charge in [-0.15, -0.1) is 0 Å². The molecule has 1 aliphatic carbocycles. The lowest BCUT2D eigenvalue weighted by molar-refractivity contribution is -0.385. The Kier molecular flexibility index (Phi) is 8.32. The highest BCUT2D eigenvalue weighted by Crippen LogP contribution is 2.33. The summed E-state index contributed by atoms with van der Waals surface area (Å²) in [5, 5.41) is 16.5. The maximum absolute atomic E-state index is 13.5. The van der Waals surface area contributed by atoms with E-state index in [2.05, 4.69) is 21.0 Å². The molecule has 3 aromatic rings. The number of nitro benzene ring substituents is 1. The fourth-order valence-corrected chi connectivity index (χ4v) is 4.76. The Balaban J connectivity index is 1.78. The third kappa shape index (κ3) is 6.22. The van der Waals surface area contributed by atoms with Gasteiger partial charge in [-0.05, 0) is 51.0 Å². The van der Waals surface area contributed by atoms with Crippen LogP contribution in [-0.2, 0) is 9.53 Å².